The fourth-order valence-electron chi connectivity index (χ4n) is 2.87. The van der Waals surface area contributed by atoms with Crippen LogP contribution in [0.3, 0.4) is 0 Å². The topological polar surface area (TPSA) is 35.5 Å². The van der Waals surface area contributed by atoms with E-state index < -0.39 is 0 Å². The lowest BCUT2D eigenvalue weighted by Gasteiger charge is -2.29. The van der Waals surface area contributed by atoms with Crippen LogP contribution in [0, 0.1) is 0 Å². The van der Waals surface area contributed by atoms with Crippen molar-refractivity contribution in [3.63, 3.8) is 0 Å². The Morgan fingerprint density at radius 3 is 2.94 bits per heavy atom. The van der Waals surface area contributed by atoms with Gasteiger partial charge in [-0.25, -0.2) is 0 Å². The summed E-state index contributed by atoms with van der Waals surface area (Å²) in [5, 5.41) is 12.9. The maximum Gasteiger partial charge on any atom is 0.0635 e. The van der Waals surface area contributed by atoms with E-state index in [0.29, 0.717) is 12.1 Å². The van der Waals surface area contributed by atoms with Gasteiger partial charge in [-0.05, 0) is 37.9 Å². The fourth-order valence-corrected chi connectivity index (χ4v) is 2.87. The predicted molar refractivity (Wildman–Crippen MR) is 76.0 cm³/mol. The van der Waals surface area contributed by atoms with Crippen LogP contribution in [0.4, 0.5) is 5.69 Å². The normalized spacial score (nSPS) is 21.3. The molecule has 100 valence electrons. The van der Waals surface area contributed by atoms with Crippen molar-refractivity contribution in [2.24, 2.45) is 0 Å². The lowest BCUT2D eigenvalue weighted by molar-refractivity contribution is 0.266. The Labute approximate surface area is 110 Å². The monoisotopic (exact) mass is 248 g/mol. The van der Waals surface area contributed by atoms with E-state index in [9.17, 15) is 5.11 Å². The van der Waals surface area contributed by atoms with Crippen molar-refractivity contribution in [2.75, 3.05) is 24.6 Å². The van der Waals surface area contributed by atoms with Crippen molar-refractivity contribution in [2.45, 2.75) is 38.8 Å². The lowest BCUT2D eigenvalue weighted by atomic mass is 10.0. The molecule has 1 aromatic carbocycles. The highest BCUT2D eigenvalue weighted by atomic mass is 16.3. The summed E-state index contributed by atoms with van der Waals surface area (Å²) in [5.74, 6) is 0. The molecule has 2 atom stereocenters. The van der Waals surface area contributed by atoms with E-state index in [0.717, 1.165) is 19.5 Å². The van der Waals surface area contributed by atoms with Crippen LogP contribution in [0.15, 0.2) is 24.3 Å². The van der Waals surface area contributed by atoms with E-state index in [1.54, 1.807) is 0 Å². The van der Waals surface area contributed by atoms with E-state index in [-0.39, 0.29) is 6.61 Å². The molecule has 1 aliphatic heterocycles. The van der Waals surface area contributed by atoms with Gasteiger partial charge in [0.15, 0.2) is 0 Å². The third-order valence-corrected chi connectivity index (χ3v) is 3.81. The van der Waals surface area contributed by atoms with Gasteiger partial charge in [-0.15, -0.1) is 0 Å². The number of anilines is 1. The number of aliphatic hydroxyl groups excluding tert-OH is 1. The summed E-state index contributed by atoms with van der Waals surface area (Å²) < 4.78 is 0. The molecule has 0 aliphatic carbocycles. The van der Waals surface area contributed by atoms with Crippen LogP contribution < -0.4 is 10.2 Å². The van der Waals surface area contributed by atoms with Gasteiger partial charge in [0.25, 0.3) is 0 Å². The molecule has 1 fully saturated rings. The smallest absolute Gasteiger partial charge is 0.0635 e. The number of nitrogens with zero attached hydrogens (tertiary/aromatic N) is 1. The zero-order valence-corrected chi connectivity index (χ0v) is 11.4. The molecule has 0 saturated carbocycles. The van der Waals surface area contributed by atoms with Gasteiger partial charge in [0.05, 0.1) is 12.6 Å². The van der Waals surface area contributed by atoms with Crippen molar-refractivity contribution in [1.82, 2.24) is 5.32 Å². The fraction of sp³-hybridized carbons (Fsp3) is 0.600. The van der Waals surface area contributed by atoms with Crippen LogP contribution >= 0.6 is 0 Å². The number of nitrogens with one attached hydrogen (secondary N) is 1. The average molecular weight is 248 g/mol. The molecule has 3 heteroatoms. The second kappa shape index (κ2) is 6.21. The van der Waals surface area contributed by atoms with Gasteiger partial charge >= 0.3 is 0 Å². The molecule has 0 bridgehead atoms. The van der Waals surface area contributed by atoms with Crippen molar-refractivity contribution in [3.8, 4) is 0 Å². The predicted octanol–water partition coefficient (Wildman–Crippen LogP) is 2.32. The van der Waals surface area contributed by atoms with E-state index in [1.165, 1.54) is 17.7 Å². The summed E-state index contributed by atoms with van der Waals surface area (Å²) >= 11 is 0. The van der Waals surface area contributed by atoms with Gasteiger partial charge < -0.3 is 15.3 Å². The molecule has 0 radical (unpaired) electrons. The van der Waals surface area contributed by atoms with Crippen LogP contribution in [-0.2, 0) is 0 Å². The largest absolute Gasteiger partial charge is 0.394 e. The minimum atomic E-state index is 0.254. The molecular formula is C15H24N2O. The molecule has 2 unspecified atom stereocenters. The quantitative estimate of drug-likeness (QED) is 0.839. The summed E-state index contributed by atoms with van der Waals surface area (Å²) in [6.07, 6.45) is 2.27. The van der Waals surface area contributed by atoms with Gasteiger partial charge in [0.1, 0.15) is 0 Å². The molecule has 0 aromatic heterocycles. The molecule has 18 heavy (non-hydrogen) atoms. The lowest BCUT2D eigenvalue weighted by Crippen LogP contribution is -2.33. The van der Waals surface area contributed by atoms with Gasteiger partial charge in [-0.3, -0.25) is 0 Å². The number of para-hydroxylation sites is 1. The van der Waals surface area contributed by atoms with Gasteiger partial charge in [-0.1, -0.05) is 25.1 Å². The van der Waals surface area contributed by atoms with Crippen molar-refractivity contribution in [3.05, 3.63) is 29.8 Å². The number of benzene rings is 1. The molecule has 1 aromatic rings. The molecule has 3 nitrogen and oxygen atoms in total. The molecule has 1 saturated heterocycles. The summed E-state index contributed by atoms with van der Waals surface area (Å²) in [6, 6.07) is 9.19. The van der Waals surface area contributed by atoms with Gasteiger partial charge in [-0.2, -0.15) is 0 Å². The van der Waals surface area contributed by atoms with Crippen molar-refractivity contribution >= 4 is 5.69 Å². The number of hydrogen-bond donors (Lipinski definition) is 2. The minimum absolute atomic E-state index is 0.254. The van der Waals surface area contributed by atoms with Crippen molar-refractivity contribution in [1.29, 1.82) is 0 Å². The summed E-state index contributed by atoms with van der Waals surface area (Å²) in [4.78, 5) is 2.36. The summed E-state index contributed by atoms with van der Waals surface area (Å²) in [5.41, 5.74) is 2.61. The molecule has 1 heterocycles. The maximum absolute atomic E-state index is 9.47. The summed E-state index contributed by atoms with van der Waals surface area (Å²) in [7, 11) is 0. The Hall–Kier alpha value is -1.06. The van der Waals surface area contributed by atoms with Gasteiger partial charge in [0.2, 0.25) is 0 Å². The first-order chi connectivity index (χ1) is 8.77. The van der Waals surface area contributed by atoms with Gasteiger partial charge in [0, 0.05) is 18.3 Å². The highest BCUT2D eigenvalue weighted by Crippen LogP contribution is 2.31. The Bertz CT molecular complexity index is 381. The SMILES string of the molecule is CCNC(C)c1ccccc1N1CCCC1CO. The van der Waals surface area contributed by atoms with Crippen LogP contribution in [0.25, 0.3) is 0 Å². The molecule has 0 amide bonds. The first-order valence-electron chi connectivity index (χ1n) is 6.97. The number of hydrogen-bond acceptors (Lipinski definition) is 3. The van der Waals surface area contributed by atoms with Crippen LogP contribution in [0.2, 0.25) is 0 Å². The van der Waals surface area contributed by atoms with Crippen LogP contribution in [-0.4, -0.2) is 30.8 Å². The van der Waals surface area contributed by atoms with E-state index in [2.05, 4.69) is 48.3 Å². The molecule has 1 aliphatic rings. The molecule has 0 spiro atoms. The Kier molecular flexibility index (Phi) is 4.61. The maximum atomic E-state index is 9.47. The van der Waals surface area contributed by atoms with E-state index >= 15 is 0 Å². The molecule has 2 rings (SSSR count). The van der Waals surface area contributed by atoms with E-state index in [1.807, 2.05) is 0 Å². The molecule has 2 N–H and O–H groups in total. The zero-order valence-electron chi connectivity index (χ0n) is 11.4. The first-order valence-corrected chi connectivity index (χ1v) is 6.97. The zero-order chi connectivity index (χ0) is 13.0. The Morgan fingerprint density at radius 2 is 2.22 bits per heavy atom. The highest BCUT2D eigenvalue weighted by molar-refractivity contribution is 5.56. The summed E-state index contributed by atoms with van der Waals surface area (Å²) in [6.45, 7) is 6.61. The molecular weight excluding hydrogens is 224 g/mol. The van der Waals surface area contributed by atoms with Crippen LogP contribution in [0.1, 0.15) is 38.3 Å². The average Bonchev–Trinajstić information content (AvgIpc) is 2.87. The third kappa shape index (κ3) is 2.68. The van der Waals surface area contributed by atoms with Crippen LogP contribution in [0.5, 0.6) is 0 Å². The standard InChI is InChI=1S/C15H24N2O/c1-3-16-12(2)14-8-4-5-9-15(14)17-10-6-7-13(17)11-18/h4-5,8-9,12-13,16,18H,3,6-7,10-11H2,1-2H3. The van der Waals surface area contributed by atoms with Crippen molar-refractivity contribution < 1.29 is 5.11 Å². The minimum Gasteiger partial charge on any atom is -0.394 e. The first kappa shape index (κ1) is 13.4. The second-order valence-corrected chi connectivity index (χ2v) is 5.01. The van der Waals surface area contributed by atoms with E-state index in [4.69, 9.17) is 0 Å². The third-order valence-electron chi connectivity index (χ3n) is 3.81. The Morgan fingerprint density at radius 1 is 1.44 bits per heavy atom. The highest BCUT2D eigenvalue weighted by Gasteiger charge is 2.26. The Balaban J connectivity index is 2.26. The number of aliphatic hydroxyl groups is 1. The number of rotatable bonds is 5. The second-order valence-electron chi connectivity index (χ2n) is 5.01.